The third-order valence-electron chi connectivity index (χ3n) is 6.16. The number of halogens is 1. The van der Waals surface area contributed by atoms with Crippen LogP contribution in [0.25, 0.3) is 16.2 Å². The maximum Gasteiger partial charge on any atom is 0.254 e. The summed E-state index contributed by atoms with van der Waals surface area (Å²) in [7, 11) is 3.13. The van der Waals surface area contributed by atoms with Gasteiger partial charge >= 0.3 is 0 Å². The zero-order valence-electron chi connectivity index (χ0n) is 20.6. The van der Waals surface area contributed by atoms with E-state index < -0.39 is 0 Å². The molecule has 0 fully saturated rings. The number of benzene rings is 3. The number of imidazole rings is 1. The van der Waals surface area contributed by atoms with E-state index in [-0.39, 0.29) is 11.7 Å². The van der Waals surface area contributed by atoms with Crippen molar-refractivity contribution in [2.75, 3.05) is 20.8 Å². The Balaban J connectivity index is 1.41. The molecular formula is C29H26FN3O3S. The van der Waals surface area contributed by atoms with Crippen molar-refractivity contribution in [2.45, 2.75) is 13.0 Å². The summed E-state index contributed by atoms with van der Waals surface area (Å²) in [5.41, 5.74) is 4.24. The van der Waals surface area contributed by atoms with Gasteiger partial charge in [0.05, 0.1) is 19.9 Å². The zero-order chi connectivity index (χ0) is 25.8. The zero-order valence-corrected chi connectivity index (χ0v) is 21.4. The minimum absolute atomic E-state index is 0.106. The van der Waals surface area contributed by atoms with Crippen LogP contribution in [0.4, 0.5) is 4.39 Å². The largest absolute Gasteiger partial charge is 0.497 e. The second kappa shape index (κ2) is 10.8. The van der Waals surface area contributed by atoms with Gasteiger partial charge < -0.3 is 14.4 Å². The second-order valence-corrected chi connectivity index (χ2v) is 9.41. The summed E-state index contributed by atoms with van der Waals surface area (Å²) in [4.78, 5) is 21.1. The van der Waals surface area contributed by atoms with Crippen LogP contribution in [0, 0.1) is 5.82 Å². The van der Waals surface area contributed by atoms with E-state index in [9.17, 15) is 9.18 Å². The molecule has 0 bridgehead atoms. The van der Waals surface area contributed by atoms with Gasteiger partial charge in [0.1, 0.15) is 17.3 Å². The number of nitrogens with zero attached hydrogens (tertiary/aromatic N) is 3. The van der Waals surface area contributed by atoms with E-state index in [0.29, 0.717) is 36.6 Å². The van der Waals surface area contributed by atoms with Crippen LogP contribution in [0.2, 0.25) is 0 Å². The Labute approximate surface area is 218 Å². The topological polar surface area (TPSA) is 56.1 Å². The quantitative estimate of drug-likeness (QED) is 0.238. The van der Waals surface area contributed by atoms with E-state index in [1.807, 2.05) is 45.8 Å². The van der Waals surface area contributed by atoms with Gasteiger partial charge in [-0.2, -0.15) is 0 Å². The minimum atomic E-state index is -0.276. The van der Waals surface area contributed by atoms with Crippen LogP contribution in [0.15, 0.2) is 84.4 Å². The Kier molecular flexibility index (Phi) is 7.18. The second-order valence-electron chi connectivity index (χ2n) is 8.58. The highest BCUT2D eigenvalue weighted by Gasteiger charge is 2.19. The van der Waals surface area contributed by atoms with E-state index in [1.54, 1.807) is 55.9 Å². The minimum Gasteiger partial charge on any atom is -0.497 e. The lowest BCUT2D eigenvalue weighted by atomic mass is 10.1. The SMILES string of the molecule is COc1cc(OC)cc(C(=O)N(CCc2csc3nc(-c4ccc(F)cc4)cn23)Cc2ccccc2)c1. The van der Waals surface area contributed by atoms with Gasteiger partial charge in [0, 0.05) is 54.0 Å². The highest BCUT2D eigenvalue weighted by molar-refractivity contribution is 7.15. The Hall–Kier alpha value is -4.17. The average molecular weight is 516 g/mol. The van der Waals surface area contributed by atoms with Crippen LogP contribution in [0.3, 0.4) is 0 Å². The van der Waals surface area contributed by atoms with E-state index in [2.05, 4.69) is 5.38 Å². The summed E-state index contributed by atoms with van der Waals surface area (Å²) in [6, 6.07) is 21.5. The number of amides is 1. The lowest BCUT2D eigenvalue weighted by Crippen LogP contribution is -2.32. The standard InChI is InChI=1S/C29H26FN3O3S/c1-35-25-14-22(15-26(16-25)36-2)28(34)32(17-20-6-4-3-5-7-20)13-12-24-19-37-29-31-27(18-33(24)29)21-8-10-23(30)11-9-21/h3-11,14-16,18-19H,12-13,17H2,1-2H3. The van der Waals surface area contributed by atoms with E-state index in [1.165, 1.54) is 12.1 Å². The molecule has 8 heteroatoms. The summed E-state index contributed by atoms with van der Waals surface area (Å²) in [5, 5.41) is 2.07. The number of aromatic nitrogens is 2. The predicted molar refractivity (Wildman–Crippen MR) is 143 cm³/mol. The molecule has 0 unspecified atom stereocenters. The van der Waals surface area contributed by atoms with E-state index in [4.69, 9.17) is 14.5 Å². The van der Waals surface area contributed by atoms with Gasteiger partial charge in [-0.3, -0.25) is 9.20 Å². The number of carbonyl (C=O) groups excluding carboxylic acids is 1. The fraction of sp³-hybridized carbons (Fsp3) is 0.172. The summed E-state index contributed by atoms with van der Waals surface area (Å²) in [6.07, 6.45) is 2.60. The molecule has 0 aliphatic rings. The van der Waals surface area contributed by atoms with Crippen molar-refractivity contribution in [2.24, 2.45) is 0 Å². The number of fused-ring (bicyclic) bond motifs is 1. The fourth-order valence-electron chi connectivity index (χ4n) is 4.19. The van der Waals surface area contributed by atoms with E-state index in [0.717, 1.165) is 27.5 Å². The van der Waals surface area contributed by atoms with Crippen molar-refractivity contribution in [1.29, 1.82) is 0 Å². The average Bonchev–Trinajstić information content (AvgIpc) is 3.52. The molecule has 0 radical (unpaired) electrons. The van der Waals surface area contributed by atoms with Gasteiger partial charge in [0.25, 0.3) is 5.91 Å². The van der Waals surface area contributed by atoms with Crippen molar-refractivity contribution in [3.63, 3.8) is 0 Å². The monoisotopic (exact) mass is 515 g/mol. The number of hydrogen-bond acceptors (Lipinski definition) is 5. The Morgan fingerprint density at radius 2 is 1.70 bits per heavy atom. The van der Waals surface area contributed by atoms with Crippen molar-refractivity contribution < 1.29 is 18.7 Å². The fourth-order valence-corrected chi connectivity index (χ4v) is 5.10. The molecule has 0 aliphatic carbocycles. The third-order valence-corrected chi connectivity index (χ3v) is 7.05. The van der Waals surface area contributed by atoms with Gasteiger partial charge in [0.15, 0.2) is 4.96 Å². The number of rotatable bonds is 9. The van der Waals surface area contributed by atoms with Crippen molar-refractivity contribution >= 4 is 22.2 Å². The molecule has 5 rings (SSSR count). The molecule has 0 atom stereocenters. The van der Waals surface area contributed by atoms with Gasteiger partial charge in [0.2, 0.25) is 0 Å². The summed E-state index contributed by atoms with van der Waals surface area (Å²) >= 11 is 1.54. The molecule has 0 saturated heterocycles. The predicted octanol–water partition coefficient (Wildman–Crippen LogP) is 6.10. The molecule has 5 aromatic rings. The van der Waals surface area contributed by atoms with Gasteiger partial charge in [-0.15, -0.1) is 11.3 Å². The van der Waals surface area contributed by atoms with Crippen LogP contribution >= 0.6 is 11.3 Å². The number of ether oxygens (including phenoxy) is 2. The molecular weight excluding hydrogens is 489 g/mol. The normalized spacial score (nSPS) is 11.0. The molecule has 0 N–H and O–H groups in total. The first kappa shape index (κ1) is 24.5. The van der Waals surface area contributed by atoms with Crippen molar-refractivity contribution in [1.82, 2.24) is 14.3 Å². The molecule has 2 heterocycles. The Bertz CT molecular complexity index is 1490. The lowest BCUT2D eigenvalue weighted by Gasteiger charge is -2.23. The molecule has 0 spiro atoms. The summed E-state index contributed by atoms with van der Waals surface area (Å²) in [5.74, 6) is 0.745. The number of hydrogen-bond donors (Lipinski definition) is 0. The van der Waals surface area contributed by atoms with Crippen molar-refractivity contribution in [3.05, 3.63) is 107 Å². The molecule has 2 aromatic heterocycles. The first-order chi connectivity index (χ1) is 18.0. The first-order valence-electron chi connectivity index (χ1n) is 11.8. The van der Waals surface area contributed by atoms with Crippen molar-refractivity contribution in [3.8, 4) is 22.8 Å². The molecule has 3 aromatic carbocycles. The number of methoxy groups -OCH3 is 2. The number of carbonyl (C=O) groups is 1. The van der Waals surface area contributed by atoms with Crippen LogP contribution < -0.4 is 9.47 Å². The maximum absolute atomic E-state index is 13.7. The first-order valence-corrected chi connectivity index (χ1v) is 12.7. The Morgan fingerprint density at radius 1 is 1.00 bits per heavy atom. The highest BCUT2D eigenvalue weighted by Crippen LogP contribution is 2.26. The molecule has 188 valence electrons. The van der Waals surface area contributed by atoms with Gasteiger partial charge in [-0.05, 0) is 42.0 Å². The smallest absolute Gasteiger partial charge is 0.254 e. The molecule has 6 nitrogen and oxygen atoms in total. The lowest BCUT2D eigenvalue weighted by molar-refractivity contribution is 0.0744. The third kappa shape index (κ3) is 5.49. The van der Waals surface area contributed by atoms with Gasteiger partial charge in [-0.1, -0.05) is 30.3 Å². The van der Waals surface area contributed by atoms with Gasteiger partial charge in [-0.25, -0.2) is 9.37 Å². The molecule has 0 saturated carbocycles. The Morgan fingerprint density at radius 3 is 2.38 bits per heavy atom. The van der Waals surface area contributed by atoms with E-state index >= 15 is 0 Å². The van der Waals surface area contributed by atoms with Crippen LogP contribution in [0.1, 0.15) is 21.6 Å². The highest BCUT2D eigenvalue weighted by atomic mass is 32.1. The van der Waals surface area contributed by atoms with Crippen LogP contribution in [-0.4, -0.2) is 41.0 Å². The molecule has 0 aliphatic heterocycles. The summed E-state index contributed by atoms with van der Waals surface area (Å²) < 4.78 is 26.1. The summed E-state index contributed by atoms with van der Waals surface area (Å²) in [6.45, 7) is 0.973. The van der Waals surface area contributed by atoms with Crippen LogP contribution in [0.5, 0.6) is 11.5 Å². The molecule has 1 amide bonds. The molecule has 37 heavy (non-hydrogen) atoms. The van der Waals surface area contributed by atoms with Crippen LogP contribution in [-0.2, 0) is 13.0 Å². The number of thiazole rings is 1. The maximum atomic E-state index is 13.7.